The van der Waals surface area contributed by atoms with Crippen molar-refractivity contribution in [2.45, 2.75) is 45.3 Å². The second-order valence-electron chi connectivity index (χ2n) is 5.20. The second-order valence-corrected chi connectivity index (χ2v) is 5.20. The van der Waals surface area contributed by atoms with Gasteiger partial charge in [-0.05, 0) is 33.1 Å². The molecule has 2 N–H and O–H groups in total. The van der Waals surface area contributed by atoms with Gasteiger partial charge in [0, 0.05) is 30.5 Å². The molecule has 0 aliphatic carbocycles. The van der Waals surface area contributed by atoms with Gasteiger partial charge in [0.1, 0.15) is 18.1 Å². The van der Waals surface area contributed by atoms with E-state index in [-0.39, 0.29) is 12.2 Å². The van der Waals surface area contributed by atoms with Gasteiger partial charge < -0.3 is 19.9 Å². The van der Waals surface area contributed by atoms with E-state index in [2.05, 4.69) is 0 Å². The van der Waals surface area contributed by atoms with Gasteiger partial charge >= 0.3 is 0 Å². The van der Waals surface area contributed by atoms with Crippen molar-refractivity contribution in [3.05, 3.63) is 18.2 Å². The van der Waals surface area contributed by atoms with Crippen molar-refractivity contribution in [3.63, 3.8) is 0 Å². The third-order valence-corrected chi connectivity index (χ3v) is 2.98. The molecule has 1 atom stereocenters. The summed E-state index contributed by atoms with van der Waals surface area (Å²) in [5, 5.41) is 0. The summed E-state index contributed by atoms with van der Waals surface area (Å²) in [6.07, 6.45) is 3.76. The van der Waals surface area contributed by atoms with Crippen molar-refractivity contribution in [1.29, 1.82) is 0 Å². The number of rotatable bonds is 5. The van der Waals surface area contributed by atoms with Crippen LogP contribution in [0.15, 0.2) is 18.2 Å². The molecule has 0 aromatic heterocycles. The van der Waals surface area contributed by atoms with Gasteiger partial charge in [0.2, 0.25) is 0 Å². The van der Waals surface area contributed by atoms with Crippen LogP contribution in [0.1, 0.15) is 33.1 Å². The maximum absolute atomic E-state index is 5.85. The molecular weight excluding hydrogens is 242 g/mol. The van der Waals surface area contributed by atoms with Crippen LogP contribution in [0.4, 0.5) is 5.69 Å². The van der Waals surface area contributed by atoms with E-state index in [1.165, 1.54) is 6.42 Å². The highest BCUT2D eigenvalue weighted by molar-refractivity contribution is 5.50. The van der Waals surface area contributed by atoms with E-state index in [1.807, 2.05) is 32.0 Å². The summed E-state index contributed by atoms with van der Waals surface area (Å²) >= 11 is 0. The molecule has 1 aromatic rings. The summed E-state index contributed by atoms with van der Waals surface area (Å²) in [5.41, 5.74) is 6.50. The first-order chi connectivity index (χ1) is 9.13. The SMILES string of the molecule is CC(C)Oc1cc(N)cc(OCC2CCCCO2)c1. The molecule has 0 amide bonds. The highest BCUT2D eigenvalue weighted by Gasteiger charge is 2.14. The Morgan fingerprint density at radius 3 is 2.74 bits per heavy atom. The van der Waals surface area contributed by atoms with E-state index in [0.717, 1.165) is 30.9 Å². The van der Waals surface area contributed by atoms with E-state index in [0.29, 0.717) is 12.3 Å². The Labute approximate surface area is 114 Å². The van der Waals surface area contributed by atoms with Gasteiger partial charge in [0.25, 0.3) is 0 Å². The summed E-state index contributed by atoms with van der Waals surface area (Å²) in [4.78, 5) is 0. The maximum atomic E-state index is 5.85. The zero-order valence-electron chi connectivity index (χ0n) is 11.7. The van der Waals surface area contributed by atoms with E-state index in [9.17, 15) is 0 Å². The Morgan fingerprint density at radius 2 is 2.05 bits per heavy atom. The highest BCUT2D eigenvalue weighted by Crippen LogP contribution is 2.26. The molecule has 0 bridgehead atoms. The Morgan fingerprint density at radius 1 is 1.26 bits per heavy atom. The lowest BCUT2D eigenvalue weighted by molar-refractivity contribution is -0.0111. The number of nitrogens with two attached hydrogens (primary N) is 1. The van der Waals surface area contributed by atoms with Crippen LogP contribution >= 0.6 is 0 Å². The van der Waals surface area contributed by atoms with Crippen LogP contribution in [0.2, 0.25) is 0 Å². The summed E-state index contributed by atoms with van der Waals surface area (Å²) in [5.74, 6) is 1.49. The molecule has 4 heteroatoms. The lowest BCUT2D eigenvalue weighted by Crippen LogP contribution is -2.25. The molecule has 4 nitrogen and oxygen atoms in total. The fraction of sp³-hybridized carbons (Fsp3) is 0.600. The average molecular weight is 265 g/mol. The van der Waals surface area contributed by atoms with Crippen LogP contribution < -0.4 is 15.2 Å². The Balaban J connectivity index is 1.93. The van der Waals surface area contributed by atoms with Crippen LogP contribution in [0.25, 0.3) is 0 Å². The summed E-state index contributed by atoms with van der Waals surface area (Å²) < 4.78 is 17.0. The molecule has 1 unspecified atom stereocenters. The minimum absolute atomic E-state index is 0.122. The smallest absolute Gasteiger partial charge is 0.125 e. The van der Waals surface area contributed by atoms with Gasteiger partial charge in [-0.25, -0.2) is 0 Å². The van der Waals surface area contributed by atoms with E-state index in [1.54, 1.807) is 0 Å². The van der Waals surface area contributed by atoms with Gasteiger partial charge in [0.05, 0.1) is 12.2 Å². The number of hydrogen-bond donors (Lipinski definition) is 1. The Hall–Kier alpha value is -1.42. The number of anilines is 1. The van der Waals surface area contributed by atoms with Gasteiger partial charge in [-0.2, -0.15) is 0 Å². The molecule has 1 saturated heterocycles. The quantitative estimate of drug-likeness (QED) is 0.831. The predicted octanol–water partition coefficient (Wildman–Crippen LogP) is 3.00. The number of benzene rings is 1. The Kier molecular flexibility index (Phi) is 4.91. The van der Waals surface area contributed by atoms with Crippen LogP contribution in [-0.2, 0) is 4.74 Å². The largest absolute Gasteiger partial charge is 0.491 e. The number of hydrogen-bond acceptors (Lipinski definition) is 4. The summed E-state index contributed by atoms with van der Waals surface area (Å²) in [7, 11) is 0. The van der Waals surface area contributed by atoms with Crippen molar-refractivity contribution in [2.75, 3.05) is 18.9 Å². The minimum atomic E-state index is 0.122. The van der Waals surface area contributed by atoms with Crippen LogP contribution in [0.5, 0.6) is 11.5 Å². The molecule has 1 aliphatic heterocycles. The zero-order chi connectivity index (χ0) is 13.7. The Bertz CT molecular complexity index is 400. The first-order valence-electron chi connectivity index (χ1n) is 6.95. The van der Waals surface area contributed by atoms with Crippen LogP contribution in [-0.4, -0.2) is 25.4 Å². The van der Waals surface area contributed by atoms with Crippen molar-refractivity contribution in [2.24, 2.45) is 0 Å². The molecule has 1 aliphatic rings. The fourth-order valence-corrected chi connectivity index (χ4v) is 2.15. The second kappa shape index (κ2) is 6.66. The molecule has 2 rings (SSSR count). The van der Waals surface area contributed by atoms with E-state index in [4.69, 9.17) is 19.9 Å². The van der Waals surface area contributed by atoms with Gasteiger partial charge in [-0.3, -0.25) is 0 Å². The third kappa shape index (κ3) is 4.63. The molecule has 0 saturated carbocycles. The average Bonchev–Trinajstić information content (AvgIpc) is 2.36. The van der Waals surface area contributed by atoms with Gasteiger partial charge in [-0.1, -0.05) is 0 Å². The standard InChI is InChI=1S/C15H23NO3/c1-11(2)19-15-8-12(16)7-14(9-15)18-10-13-5-3-4-6-17-13/h7-9,11,13H,3-6,10,16H2,1-2H3. The third-order valence-electron chi connectivity index (χ3n) is 2.98. The van der Waals surface area contributed by atoms with Gasteiger partial charge in [0.15, 0.2) is 0 Å². The minimum Gasteiger partial charge on any atom is -0.491 e. The van der Waals surface area contributed by atoms with Crippen LogP contribution in [0, 0.1) is 0 Å². The van der Waals surface area contributed by atoms with Crippen molar-refractivity contribution in [1.82, 2.24) is 0 Å². The monoisotopic (exact) mass is 265 g/mol. The number of nitrogen functional groups attached to an aromatic ring is 1. The molecule has 1 heterocycles. The molecule has 0 radical (unpaired) electrons. The van der Waals surface area contributed by atoms with Gasteiger partial charge in [-0.15, -0.1) is 0 Å². The van der Waals surface area contributed by atoms with Crippen molar-refractivity contribution >= 4 is 5.69 Å². The maximum Gasteiger partial charge on any atom is 0.125 e. The van der Waals surface area contributed by atoms with Crippen LogP contribution in [0.3, 0.4) is 0 Å². The zero-order valence-corrected chi connectivity index (χ0v) is 11.7. The molecule has 1 fully saturated rings. The first kappa shape index (κ1) is 14.0. The fourth-order valence-electron chi connectivity index (χ4n) is 2.15. The van der Waals surface area contributed by atoms with E-state index >= 15 is 0 Å². The first-order valence-corrected chi connectivity index (χ1v) is 6.95. The normalized spacial score (nSPS) is 19.4. The molecular formula is C15H23NO3. The summed E-state index contributed by atoms with van der Waals surface area (Å²) in [6.45, 7) is 5.39. The van der Waals surface area contributed by atoms with Crippen molar-refractivity contribution in [3.8, 4) is 11.5 Å². The summed E-state index contributed by atoms with van der Waals surface area (Å²) in [6, 6.07) is 5.50. The predicted molar refractivity (Wildman–Crippen MR) is 75.7 cm³/mol. The lowest BCUT2D eigenvalue weighted by atomic mass is 10.1. The topological polar surface area (TPSA) is 53.7 Å². The van der Waals surface area contributed by atoms with E-state index < -0.39 is 0 Å². The highest BCUT2D eigenvalue weighted by atomic mass is 16.5. The molecule has 106 valence electrons. The van der Waals surface area contributed by atoms with Crippen molar-refractivity contribution < 1.29 is 14.2 Å². The molecule has 0 spiro atoms. The number of ether oxygens (including phenoxy) is 3. The molecule has 19 heavy (non-hydrogen) atoms. The lowest BCUT2D eigenvalue weighted by Gasteiger charge is -2.22. The molecule has 1 aromatic carbocycles.